The minimum Gasteiger partial charge on any atom is -0.490 e. The Balaban J connectivity index is 1.56. The third-order valence-corrected chi connectivity index (χ3v) is 5.40. The average molecular weight is 442 g/mol. The molecule has 1 heterocycles. The lowest BCUT2D eigenvalue weighted by molar-refractivity contribution is -0.114. The molecule has 6 heteroatoms. The molecule has 3 aromatic carbocycles. The number of ether oxygens (including phenoxy) is 2. The van der Waals surface area contributed by atoms with Crippen LogP contribution in [0.4, 0.5) is 10.1 Å². The highest BCUT2D eigenvalue weighted by Crippen LogP contribution is 2.32. The molecule has 0 atom stereocenters. The smallest absolute Gasteiger partial charge is 0.268 e. The number of hydrogen-bond acceptors (Lipinski definition) is 4. The molecule has 5 nitrogen and oxygen atoms in total. The Hall–Kier alpha value is -4.11. The van der Waals surface area contributed by atoms with Gasteiger partial charge in [-0.25, -0.2) is 4.39 Å². The van der Waals surface area contributed by atoms with E-state index in [1.165, 1.54) is 6.07 Å². The summed E-state index contributed by atoms with van der Waals surface area (Å²) in [6.45, 7) is 2.85. The Morgan fingerprint density at radius 1 is 1.09 bits per heavy atom. The largest absolute Gasteiger partial charge is 0.490 e. The highest BCUT2D eigenvalue weighted by molar-refractivity contribution is 6.12. The van der Waals surface area contributed by atoms with E-state index in [-0.39, 0.29) is 23.9 Å². The van der Waals surface area contributed by atoms with Crippen molar-refractivity contribution in [1.82, 2.24) is 0 Å². The van der Waals surface area contributed by atoms with Crippen LogP contribution in [0.25, 0.3) is 6.08 Å². The lowest BCUT2D eigenvalue weighted by Crippen LogP contribution is -2.29. The van der Waals surface area contributed by atoms with Crippen molar-refractivity contribution in [3.8, 4) is 17.6 Å². The first kappa shape index (κ1) is 22.1. The van der Waals surface area contributed by atoms with Gasteiger partial charge in [-0.1, -0.05) is 42.5 Å². The molecule has 0 N–H and O–H groups in total. The topological polar surface area (TPSA) is 62.6 Å². The quantitative estimate of drug-likeness (QED) is 0.368. The van der Waals surface area contributed by atoms with Crippen LogP contribution < -0.4 is 14.4 Å². The van der Waals surface area contributed by atoms with Crippen molar-refractivity contribution in [2.75, 3.05) is 18.1 Å². The Bertz CT molecular complexity index is 1250. The summed E-state index contributed by atoms with van der Waals surface area (Å²) in [5.41, 5.74) is 3.05. The molecule has 3 aromatic rings. The number of halogens is 1. The number of fused-ring (bicyclic) bond motifs is 1. The van der Waals surface area contributed by atoms with Gasteiger partial charge >= 0.3 is 0 Å². The zero-order chi connectivity index (χ0) is 23.2. The fourth-order valence-electron chi connectivity index (χ4n) is 3.78. The van der Waals surface area contributed by atoms with Gasteiger partial charge in [-0.15, -0.1) is 0 Å². The van der Waals surface area contributed by atoms with Crippen LogP contribution in [-0.2, 0) is 17.8 Å². The molecule has 0 aromatic heterocycles. The van der Waals surface area contributed by atoms with E-state index in [1.54, 1.807) is 47.4 Å². The first-order chi connectivity index (χ1) is 16.1. The predicted octanol–water partition coefficient (Wildman–Crippen LogP) is 5.30. The van der Waals surface area contributed by atoms with E-state index in [9.17, 15) is 14.4 Å². The van der Waals surface area contributed by atoms with E-state index in [0.29, 0.717) is 35.8 Å². The molecule has 0 bridgehead atoms. The monoisotopic (exact) mass is 442 g/mol. The fraction of sp³-hybridized carbons (Fsp3) is 0.185. The molecule has 0 saturated heterocycles. The number of benzene rings is 3. The van der Waals surface area contributed by atoms with E-state index < -0.39 is 0 Å². The molecule has 1 amide bonds. The number of amides is 1. The van der Waals surface area contributed by atoms with Crippen molar-refractivity contribution >= 4 is 17.7 Å². The summed E-state index contributed by atoms with van der Waals surface area (Å²) in [6.07, 6.45) is 2.32. The molecule has 0 saturated carbocycles. The highest BCUT2D eigenvalue weighted by Gasteiger charge is 2.26. The summed E-state index contributed by atoms with van der Waals surface area (Å²) in [4.78, 5) is 14.7. The van der Waals surface area contributed by atoms with Crippen LogP contribution in [-0.4, -0.2) is 19.1 Å². The Morgan fingerprint density at radius 2 is 1.88 bits per heavy atom. The van der Waals surface area contributed by atoms with Crippen molar-refractivity contribution in [3.05, 3.63) is 94.8 Å². The van der Waals surface area contributed by atoms with Gasteiger partial charge in [0.2, 0.25) is 0 Å². The standard InChI is InChI=1S/C27H23FN2O3/c1-2-32-26-16-19(11-12-25(26)33-18-21-8-3-5-9-23(21)28)15-22(17-29)27(31)30-14-13-20-7-4-6-10-24(20)30/h3-12,15-16H,2,13-14,18H2,1H3/b22-15+. The van der Waals surface area contributed by atoms with Gasteiger partial charge in [0, 0.05) is 17.8 Å². The summed E-state index contributed by atoms with van der Waals surface area (Å²) in [5, 5.41) is 9.67. The molecule has 33 heavy (non-hydrogen) atoms. The second kappa shape index (κ2) is 10.0. The van der Waals surface area contributed by atoms with Crippen molar-refractivity contribution in [1.29, 1.82) is 5.26 Å². The van der Waals surface area contributed by atoms with E-state index >= 15 is 0 Å². The lowest BCUT2D eigenvalue weighted by atomic mass is 10.1. The van der Waals surface area contributed by atoms with Crippen molar-refractivity contribution in [3.63, 3.8) is 0 Å². The van der Waals surface area contributed by atoms with Gasteiger partial charge in [-0.3, -0.25) is 4.79 Å². The molecule has 0 radical (unpaired) electrons. The minimum atomic E-state index is -0.337. The van der Waals surface area contributed by atoms with Crippen LogP contribution in [0.2, 0.25) is 0 Å². The zero-order valence-electron chi connectivity index (χ0n) is 18.3. The second-order valence-electron chi connectivity index (χ2n) is 7.52. The maximum absolute atomic E-state index is 13.9. The summed E-state index contributed by atoms with van der Waals surface area (Å²) in [7, 11) is 0. The molecule has 1 aliphatic heterocycles. The molecule has 0 fully saturated rings. The van der Waals surface area contributed by atoms with Crippen LogP contribution >= 0.6 is 0 Å². The summed E-state index contributed by atoms with van der Waals surface area (Å²) in [6, 6.07) is 21.3. The lowest BCUT2D eigenvalue weighted by Gasteiger charge is -2.17. The van der Waals surface area contributed by atoms with Crippen LogP contribution in [0.15, 0.2) is 72.3 Å². The average Bonchev–Trinajstić information content (AvgIpc) is 3.27. The molecule has 0 unspecified atom stereocenters. The maximum atomic E-state index is 13.9. The number of nitrogens with zero attached hydrogens (tertiary/aromatic N) is 2. The molecular weight excluding hydrogens is 419 g/mol. The minimum absolute atomic E-state index is 0.0363. The van der Waals surface area contributed by atoms with Crippen molar-refractivity contribution in [2.24, 2.45) is 0 Å². The van der Waals surface area contributed by atoms with Crippen LogP contribution in [0.1, 0.15) is 23.6 Å². The Morgan fingerprint density at radius 3 is 2.67 bits per heavy atom. The number of rotatable bonds is 7. The van der Waals surface area contributed by atoms with Gasteiger partial charge in [-0.05, 0) is 54.8 Å². The first-order valence-corrected chi connectivity index (χ1v) is 10.8. The number of carbonyl (C=O) groups is 1. The predicted molar refractivity (Wildman–Crippen MR) is 124 cm³/mol. The number of nitriles is 1. The fourth-order valence-corrected chi connectivity index (χ4v) is 3.78. The van der Waals surface area contributed by atoms with Crippen LogP contribution in [0.3, 0.4) is 0 Å². The van der Waals surface area contributed by atoms with Gasteiger partial charge in [0.05, 0.1) is 6.61 Å². The third-order valence-electron chi connectivity index (χ3n) is 5.40. The normalized spacial score (nSPS) is 12.8. The van der Waals surface area contributed by atoms with Gasteiger partial charge < -0.3 is 14.4 Å². The number of carbonyl (C=O) groups excluding carboxylic acids is 1. The van der Waals surface area contributed by atoms with Gasteiger partial charge in [-0.2, -0.15) is 5.26 Å². The van der Waals surface area contributed by atoms with Crippen molar-refractivity contribution in [2.45, 2.75) is 20.0 Å². The summed E-state index contributed by atoms with van der Waals surface area (Å²) in [5.74, 6) is 0.241. The molecular formula is C27H23FN2O3. The number of hydrogen-bond donors (Lipinski definition) is 0. The summed E-state index contributed by atoms with van der Waals surface area (Å²) >= 11 is 0. The molecule has 166 valence electrons. The Kier molecular flexibility index (Phi) is 6.70. The van der Waals surface area contributed by atoms with Crippen molar-refractivity contribution < 1.29 is 18.7 Å². The zero-order valence-corrected chi connectivity index (χ0v) is 18.3. The maximum Gasteiger partial charge on any atom is 0.268 e. The van der Waals surface area contributed by atoms with Gasteiger partial charge in [0.15, 0.2) is 11.5 Å². The first-order valence-electron chi connectivity index (χ1n) is 10.8. The summed E-state index contributed by atoms with van der Waals surface area (Å²) < 4.78 is 25.4. The molecule has 4 rings (SSSR count). The van der Waals surface area contributed by atoms with E-state index in [4.69, 9.17) is 9.47 Å². The SMILES string of the molecule is CCOc1cc(/C=C(\C#N)C(=O)N2CCc3ccccc32)ccc1OCc1ccccc1F. The highest BCUT2D eigenvalue weighted by atomic mass is 19.1. The number of anilines is 1. The van der Waals surface area contributed by atoms with E-state index in [2.05, 4.69) is 0 Å². The Labute approximate surface area is 192 Å². The van der Waals surface area contributed by atoms with E-state index in [0.717, 1.165) is 17.7 Å². The van der Waals surface area contributed by atoms with Gasteiger partial charge in [0.25, 0.3) is 5.91 Å². The molecule has 0 aliphatic carbocycles. The van der Waals surface area contributed by atoms with Crippen LogP contribution in [0, 0.1) is 17.1 Å². The second-order valence-corrected chi connectivity index (χ2v) is 7.52. The molecule has 0 spiro atoms. The van der Waals surface area contributed by atoms with Gasteiger partial charge in [0.1, 0.15) is 24.1 Å². The van der Waals surface area contributed by atoms with Crippen LogP contribution in [0.5, 0.6) is 11.5 Å². The van der Waals surface area contributed by atoms with E-state index in [1.807, 2.05) is 37.3 Å². The number of para-hydroxylation sites is 1. The third kappa shape index (κ3) is 4.88. The molecule has 1 aliphatic rings.